The third-order valence-electron chi connectivity index (χ3n) is 5.22. The van der Waals surface area contributed by atoms with E-state index in [9.17, 15) is 32.3 Å². The molecule has 0 fully saturated rings. The molecular weight excluding hydrogens is 499 g/mol. The van der Waals surface area contributed by atoms with Crippen molar-refractivity contribution in [3.8, 4) is 0 Å². The van der Waals surface area contributed by atoms with Gasteiger partial charge in [0.05, 0.1) is 15.6 Å². The van der Waals surface area contributed by atoms with Gasteiger partial charge in [-0.05, 0) is 41.8 Å². The van der Waals surface area contributed by atoms with E-state index >= 15 is 0 Å². The smallest absolute Gasteiger partial charge is 0.408 e. The lowest BCUT2D eigenvalue weighted by Gasteiger charge is -2.45. The van der Waals surface area contributed by atoms with Crippen LogP contribution in [-0.2, 0) is 16.9 Å². The first kappa shape index (κ1) is 27.5. The Morgan fingerprint density at radius 3 is 2.21 bits per heavy atom. The maximum atomic E-state index is 13.4. The van der Waals surface area contributed by atoms with Crippen molar-refractivity contribution in [3.05, 3.63) is 82.1 Å². The second-order valence-electron chi connectivity index (χ2n) is 7.69. The average molecular weight is 521 g/mol. The predicted octanol–water partition coefficient (Wildman–Crippen LogP) is 6.49. The molecule has 11 heteroatoms. The highest BCUT2D eigenvalue weighted by molar-refractivity contribution is 6.42. The lowest BCUT2D eigenvalue weighted by Crippen LogP contribution is -2.55. The molecule has 0 bridgehead atoms. The first-order valence-corrected chi connectivity index (χ1v) is 10.7. The summed E-state index contributed by atoms with van der Waals surface area (Å²) in [5.41, 5.74) is -0.883. The van der Waals surface area contributed by atoms with Crippen molar-refractivity contribution in [2.45, 2.75) is 31.1 Å². The molecule has 0 aliphatic rings. The van der Waals surface area contributed by atoms with E-state index in [4.69, 9.17) is 23.2 Å². The van der Waals surface area contributed by atoms with Gasteiger partial charge in [-0.1, -0.05) is 47.5 Å². The van der Waals surface area contributed by atoms with Crippen LogP contribution in [0.15, 0.2) is 55.1 Å². The van der Waals surface area contributed by atoms with Crippen molar-refractivity contribution in [2.24, 2.45) is 0 Å². The Morgan fingerprint density at radius 2 is 1.71 bits per heavy atom. The summed E-state index contributed by atoms with van der Waals surface area (Å²) in [4.78, 5) is 26.6. The summed E-state index contributed by atoms with van der Waals surface area (Å²) in [5, 5.41) is 10.4. The fourth-order valence-electron chi connectivity index (χ4n) is 3.61. The van der Waals surface area contributed by atoms with Gasteiger partial charge < -0.3 is 10.0 Å². The molecule has 2 rings (SSSR count). The van der Waals surface area contributed by atoms with Gasteiger partial charge in [0, 0.05) is 20.1 Å². The number of carbonyl (C=O) groups is 2. The second-order valence-corrected chi connectivity index (χ2v) is 8.50. The molecule has 2 amide bonds. The third-order valence-corrected chi connectivity index (χ3v) is 5.96. The fraction of sp³-hybridized carbons (Fsp3) is 0.304. The molecule has 2 aromatic carbocycles. The number of hydrogen-bond acceptors (Lipinski definition) is 2. The number of carboxylic acid groups (broad SMARTS) is 1. The molecule has 0 unspecified atom stereocenters. The molecular formula is C23H22Cl2F4N2O3. The second kappa shape index (κ2) is 11.1. The third kappa shape index (κ3) is 6.87. The van der Waals surface area contributed by atoms with E-state index in [1.807, 2.05) is 0 Å². The molecule has 2 aromatic rings. The normalized spacial score (nSPS) is 13.1. The highest BCUT2D eigenvalue weighted by atomic mass is 35.5. The van der Waals surface area contributed by atoms with Gasteiger partial charge in [-0.15, -0.1) is 6.58 Å². The Bertz CT molecular complexity index is 1050. The van der Waals surface area contributed by atoms with E-state index in [0.29, 0.717) is 5.56 Å². The molecule has 0 saturated heterocycles. The highest BCUT2D eigenvalue weighted by Gasteiger charge is 2.44. The van der Waals surface area contributed by atoms with E-state index in [1.165, 1.54) is 36.4 Å². The molecule has 0 saturated carbocycles. The van der Waals surface area contributed by atoms with Crippen molar-refractivity contribution in [2.75, 3.05) is 13.6 Å². The van der Waals surface area contributed by atoms with Gasteiger partial charge in [0.25, 0.3) is 0 Å². The van der Waals surface area contributed by atoms with Gasteiger partial charge in [-0.3, -0.25) is 9.69 Å². The van der Waals surface area contributed by atoms with Crippen LogP contribution in [-0.4, -0.2) is 46.7 Å². The zero-order valence-corrected chi connectivity index (χ0v) is 19.6. The number of halogens is 6. The van der Waals surface area contributed by atoms with Gasteiger partial charge in [-0.25, -0.2) is 9.18 Å². The number of likely N-dealkylation sites (N-methyl/N-ethyl adjacent to an activating group) is 1. The van der Waals surface area contributed by atoms with Gasteiger partial charge in [-0.2, -0.15) is 13.2 Å². The minimum atomic E-state index is -4.74. The number of nitrogens with zero attached hydrogens (tertiary/aromatic N) is 2. The maximum Gasteiger partial charge on any atom is 0.408 e. The first-order valence-electron chi connectivity index (χ1n) is 9.91. The Kier molecular flexibility index (Phi) is 8.96. The zero-order chi connectivity index (χ0) is 25.7. The van der Waals surface area contributed by atoms with Gasteiger partial charge >= 0.3 is 12.3 Å². The van der Waals surface area contributed by atoms with Crippen LogP contribution in [0.4, 0.5) is 22.4 Å². The minimum Gasteiger partial charge on any atom is -0.465 e. The molecule has 1 N–H and O–H groups in total. The predicted molar refractivity (Wildman–Crippen MR) is 121 cm³/mol. The van der Waals surface area contributed by atoms with Crippen LogP contribution in [0.1, 0.15) is 24.0 Å². The summed E-state index contributed by atoms with van der Waals surface area (Å²) in [7, 11) is 1.15. The van der Waals surface area contributed by atoms with E-state index < -0.39 is 42.5 Å². The molecule has 0 aliphatic heterocycles. The average Bonchev–Trinajstić information content (AvgIpc) is 2.73. The van der Waals surface area contributed by atoms with Crippen molar-refractivity contribution in [1.82, 2.24) is 9.80 Å². The van der Waals surface area contributed by atoms with E-state index in [1.54, 1.807) is 0 Å². The van der Waals surface area contributed by atoms with Crippen molar-refractivity contribution >= 4 is 35.2 Å². The Balaban J connectivity index is 2.65. The summed E-state index contributed by atoms with van der Waals surface area (Å²) >= 11 is 12.2. The van der Waals surface area contributed by atoms with E-state index in [2.05, 4.69) is 6.58 Å². The molecule has 0 spiro atoms. The summed E-state index contributed by atoms with van der Waals surface area (Å²) in [5.74, 6) is -1.77. The van der Waals surface area contributed by atoms with Crippen LogP contribution in [0.2, 0.25) is 10.0 Å². The molecule has 0 aromatic heterocycles. The lowest BCUT2D eigenvalue weighted by molar-refractivity contribution is -0.161. The highest BCUT2D eigenvalue weighted by Crippen LogP contribution is 2.38. The number of benzene rings is 2. The summed E-state index contributed by atoms with van der Waals surface area (Å²) in [6.07, 6.45) is -6.56. The molecule has 184 valence electrons. The zero-order valence-electron chi connectivity index (χ0n) is 18.1. The minimum absolute atomic E-state index is 0.0813. The number of amides is 2. The summed E-state index contributed by atoms with van der Waals surface area (Å²) in [6.45, 7) is 2.97. The van der Waals surface area contributed by atoms with Crippen LogP contribution < -0.4 is 0 Å². The molecule has 34 heavy (non-hydrogen) atoms. The molecule has 5 nitrogen and oxygen atoms in total. The van der Waals surface area contributed by atoms with Crippen molar-refractivity contribution in [3.63, 3.8) is 0 Å². The SMILES string of the molecule is C=CC[C@@](CN(C)C(=O)CC(F)(F)F)(c1ccc(Cl)c(Cl)c1)N(Cc1ccc(F)cc1)C(=O)O. The quantitative estimate of drug-likeness (QED) is 0.303. The molecule has 0 radical (unpaired) electrons. The number of carbonyl (C=O) groups excluding carboxylic acids is 1. The van der Waals surface area contributed by atoms with Crippen molar-refractivity contribution in [1.29, 1.82) is 0 Å². The number of hydrogen-bond donors (Lipinski definition) is 1. The lowest BCUT2D eigenvalue weighted by atomic mass is 9.83. The van der Waals surface area contributed by atoms with Crippen LogP contribution in [0.3, 0.4) is 0 Å². The topological polar surface area (TPSA) is 60.9 Å². The van der Waals surface area contributed by atoms with Crippen LogP contribution in [0.5, 0.6) is 0 Å². The largest absolute Gasteiger partial charge is 0.465 e. The van der Waals surface area contributed by atoms with E-state index in [-0.39, 0.29) is 28.6 Å². The maximum absolute atomic E-state index is 13.4. The number of alkyl halides is 3. The monoisotopic (exact) mass is 520 g/mol. The van der Waals surface area contributed by atoms with Gasteiger partial charge in [0.1, 0.15) is 12.2 Å². The number of rotatable bonds is 9. The molecule has 0 heterocycles. The molecule has 0 aliphatic carbocycles. The van der Waals surface area contributed by atoms with Gasteiger partial charge in [0.15, 0.2) is 0 Å². The summed E-state index contributed by atoms with van der Waals surface area (Å²) in [6, 6.07) is 9.39. The first-order chi connectivity index (χ1) is 15.8. The Morgan fingerprint density at radius 1 is 1.09 bits per heavy atom. The van der Waals surface area contributed by atoms with Crippen LogP contribution in [0.25, 0.3) is 0 Å². The van der Waals surface area contributed by atoms with Gasteiger partial charge in [0.2, 0.25) is 5.91 Å². The van der Waals surface area contributed by atoms with Crippen LogP contribution in [0, 0.1) is 5.82 Å². The Labute approximate surface area is 204 Å². The summed E-state index contributed by atoms with van der Waals surface area (Å²) < 4.78 is 51.9. The standard InChI is InChI=1S/C23H22Cl2F4N2O3/c1-3-10-22(16-6-9-18(24)19(25)11-16,14-30(2)20(32)12-23(27,28)29)31(21(33)34)13-15-4-7-17(26)8-5-15/h3-9,11H,1,10,12-14H2,2H3,(H,33,34)/t22-/m1/s1. The molecule has 1 atom stereocenters. The Hall–Kier alpha value is -2.78. The van der Waals surface area contributed by atoms with E-state index in [0.717, 1.165) is 29.0 Å². The fourth-order valence-corrected chi connectivity index (χ4v) is 3.91. The van der Waals surface area contributed by atoms with Crippen LogP contribution >= 0.6 is 23.2 Å². The van der Waals surface area contributed by atoms with Crippen molar-refractivity contribution < 1.29 is 32.3 Å².